The zero-order valence-corrected chi connectivity index (χ0v) is 13.1. The Balaban J connectivity index is 1.95. The lowest BCUT2D eigenvalue weighted by atomic mass is 10.1. The fourth-order valence-electron chi connectivity index (χ4n) is 2.58. The van der Waals surface area contributed by atoms with E-state index in [1.54, 1.807) is 0 Å². The number of aryl methyl sites for hydroxylation is 1. The second kappa shape index (κ2) is 7.96. The fourth-order valence-corrected chi connectivity index (χ4v) is 2.58. The predicted molar refractivity (Wildman–Crippen MR) is 87.1 cm³/mol. The minimum Gasteiger partial charge on any atom is -0.329 e. The van der Waals surface area contributed by atoms with Crippen LogP contribution < -0.4 is 5.73 Å². The summed E-state index contributed by atoms with van der Waals surface area (Å²) in [5.41, 5.74) is 8.55. The number of nitrogens with two attached hydrogens (primary N) is 1. The van der Waals surface area contributed by atoms with Gasteiger partial charge in [-0.05, 0) is 25.5 Å². The lowest BCUT2D eigenvalue weighted by molar-refractivity contribution is 0.253. The van der Waals surface area contributed by atoms with Gasteiger partial charge in [0.25, 0.3) is 0 Å². The Morgan fingerprint density at radius 1 is 1.29 bits per heavy atom. The summed E-state index contributed by atoms with van der Waals surface area (Å²) in [6, 6.07) is 10.8. The maximum Gasteiger partial charge on any atom is 0.0538 e. The van der Waals surface area contributed by atoms with E-state index in [0.717, 1.165) is 25.9 Å². The summed E-state index contributed by atoms with van der Waals surface area (Å²) in [5, 5.41) is 4.41. The molecule has 2 aromatic rings. The second-order valence-corrected chi connectivity index (χ2v) is 5.50. The smallest absolute Gasteiger partial charge is 0.0538 e. The lowest BCUT2D eigenvalue weighted by Crippen LogP contribution is -2.32. The average Bonchev–Trinajstić information content (AvgIpc) is 2.96. The molecule has 0 aliphatic rings. The van der Waals surface area contributed by atoms with Gasteiger partial charge in [0.1, 0.15) is 0 Å². The zero-order valence-electron chi connectivity index (χ0n) is 13.1. The van der Waals surface area contributed by atoms with Crippen molar-refractivity contribution >= 4 is 0 Å². The van der Waals surface area contributed by atoms with Gasteiger partial charge in [-0.15, -0.1) is 0 Å². The van der Waals surface area contributed by atoms with Gasteiger partial charge in [-0.3, -0.25) is 9.58 Å². The summed E-state index contributed by atoms with van der Waals surface area (Å²) < 4.78 is 2.00. The van der Waals surface area contributed by atoms with E-state index in [-0.39, 0.29) is 6.04 Å². The first kappa shape index (κ1) is 15.7. The van der Waals surface area contributed by atoms with Crippen molar-refractivity contribution in [3.63, 3.8) is 0 Å². The van der Waals surface area contributed by atoms with E-state index < -0.39 is 0 Å². The molecule has 0 fully saturated rings. The molecule has 1 heterocycles. The number of rotatable bonds is 8. The van der Waals surface area contributed by atoms with Gasteiger partial charge < -0.3 is 5.73 Å². The Kier molecular flexibility index (Phi) is 5.96. The summed E-state index contributed by atoms with van der Waals surface area (Å²) in [5.74, 6) is 0. The molecular formula is C17H26N4. The molecule has 21 heavy (non-hydrogen) atoms. The number of likely N-dealkylation sites (N-methyl/N-ethyl adjacent to an activating group) is 1. The number of benzene rings is 1. The molecule has 0 bridgehead atoms. The van der Waals surface area contributed by atoms with Crippen molar-refractivity contribution in [2.75, 3.05) is 20.1 Å². The minimum atomic E-state index is 0.235. The highest BCUT2D eigenvalue weighted by Crippen LogP contribution is 2.18. The average molecular weight is 286 g/mol. The third kappa shape index (κ3) is 4.41. The van der Waals surface area contributed by atoms with Crippen molar-refractivity contribution in [1.29, 1.82) is 0 Å². The van der Waals surface area contributed by atoms with E-state index in [0.29, 0.717) is 6.54 Å². The first-order valence-electron chi connectivity index (χ1n) is 7.71. The second-order valence-electron chi connectivity index (χ2n) is 5.50. The first-order chi connectivity index (χ1) is 10.2. The zero-order chi connectivity index (χ0) is 15.1. The molecule has 2 rings (SSSR count). The fraction of sp³-hybridized carbons (Fsp3) is 0.471. The molecule has 0 radical (unpaired) electrons. The highest BCUT2D eigenvalue weighted by molar-refractivity contribution is 5.15. The van der Waals surface area contributed by atoms with Crippen molar-refractivity contribution in [2.45, 2.75) is 32.4 Å². The van der Waals surface area contributed by atoms with Crippen LogP contribution in [0.1, 0.15) is 30.5 Å². The van der Waals surface area contributed by atoms with Crippen LogP contribution in [0.15, 0.2) is 42.7 Å². The van der Waals surface area contributed by atoms with Crippen molar-refractivity contribution in [1.82, 2.24) is 14.7 Å². The molecule has 1 unspecified atom stereocenters. The molecule has 0 saturated carbocycles. The van der Waals surface area contributed by atoms with E-state index >= 15 is 0 Å². The van der Waals surface area contributed by atoms with Crippen LogP contribution in [0, 0.1) is 0 Å². The molecule has 114 valence electrons. The summed E-state index contributed by atoms with van der Waals surface area (Å²) in [4.78, 5) is 2.32. The predicted octanol–water partition coefficient (Wildman–Crippen LogP) is 2.47. The van der Waals surface area contributed by atoms with Crippen LogP contribution in [0.25, 0.3) is 0 Å². The minimum absolute atomic E-state index is 0.235. The van der Waals surface area contributed by atoms with Gasteiger partial charge in [0, 0.05) is 37.4 Å². The van der Waals surface area contributed by atoms with Gasteiger partial charge in [0.2, 0.25) is 0 Å². The van der Waals surface area contributed by atoms with Crippen molar-refractivity contribution in [3.8, 4) is 0 Å². The van der Waals surface area contributed by atoms with E-state index in [2.05, 4.69) is 60.5 Å². The Hall–Kier alpha value is -1.65. The standard InChI is InChI=1S/C17H26N4/c1-3-10-21-14-16(13-19-21)17(12-18)20(2)11-9-15-7-5-4-6-8-15/h4-8,13-14,17H,3,9-12,18H2,1-2H3. The molecule has 0 aliphatic carbocycles. The third-order valence-corrected chi connectivity index (χ3v) is 3.84. The quantitative estimate of drug-likeness (QED) is 0.811. The third-order valence-electron chi connectivity index (χ3n) is 3.84. The van der Waals surface area contributed by atoms with Crippen LogP contribution in [0.2, 0.25) is 0 Å². The SMILES string of the molecule is CCCn1cc(C(CN)N(C)CCc2ccccc2)cn1. The lowest BCUT2D eigenvalue weighted by Gasteiger charge is -2.26. The van der Waals surface area contributed by atoms with Crippen LogP contribution in [0.3, 0.4) is 0 Å². The maximum absolute atomic E-state index is 5.98. The number of hydrogen-bond acceptors (Lipinski definition) is 3. The molecule has 0 saturated heterocycles. The largest absolute Gasteiger partial charge is 0.329 e. The Bertz CT molecular complexity index is 521. The molecule has 4 nitrogen and oxygen atoms in total. The van der Waals surface area contributed by atoms with E-state index in [4.69, 9.17) is 5.73 Å². The molecule has 0 amide bonds. The van der Waals surface area contributed by atoms with Gasteiger partial charge in [-0.2, -0.15) is 5.10 Å². The Morgan fingerprint density at radius 2 is 2.05 bits per heavy atom. The molecule has 1 aromatic heterocycles. The van der Waals surface area contributed by atoms with Gasteiger partial charge in [-0.25, -0.2) is 0 Å². The summed E-state index contributed by atoms with van der Waals surface area (Å²) >= 11 is 0. The molecule has 0 aliphatic heterocycles. The molecule has 1 atom stereocenters. The maximum atomic E-state index is 5.98. The molecule has 2 N–H and O–H groups in total. The van der Waals surface area contributed by atoms with Gasteiger partial charge in [-0.1, -0.05) is 37.3 Å². The topological polar surface area (TPSA) is 47.1 Å². The van der Waals surface area contributed by atoms with E-state index in [1.807, 2.05) is 10.9 Å². The highest BCUT2D eigenvalue weighted by atomic mass is 15.3. The van der Waals surface area contributed by atoms with E-state index in [9.17, 15) is 0 Å². The normalized spacial score (nSPS) is 12.8. The molecule has 0 spiro atoms. The number of hydrogen-bond donors (Lipinski definition) is 1. The summed E-state index contributed by atoms with van der Waals surface area (Å²) in [6.07, 6.45) is 6.21. The van der Waals surface area contributed by atoms with Crippen molar-refractivity contribution in [3.05, 3.63) is 53.9 Å². The monoisotopic (exact) mass is 286 g/mol. The van der Waals surface area contributed by atoms with Crippen LogP contribution >= 0.6 is 0 Å². The molecular weight excluding hydrogens is 260 g/mol. The Morgan fingerprint density at radius 3 is 2.71 bits per heavy atom. The van der Waals surface area contributed by atoms with Gasteiger partial charge in [0.15, 0.2) is 0 Å². The Labute approximate surface area is 127 Å². The number of nitrogens with zero attached hydrogens (tertiary/aromatic N) is 3. The van der Waals surface area contributed by atoms with E-state index in [1.165, 1.54) is 11.1 Å². The van der Waals surface area contributed by atoms with Crippen LogP contribution in [-0.2, 0) is 13.0 Å². The first-order valence-corrected chi connectivity index (χ1v) is 7.71. The molecule has 1 aromatic carbocycles. The van der Waals surface area contributed by atoms with Gasteiger partial charge in [0.05, 0.1) is 6.20 Å². The van der Waals surface area contributed by atoms with Crippen LogP contribution in [0.5, 0.6) is 0 Å². The van der Waals surface area contributed by atoms with Crippen LogP contribution in [-0.4, -0.2) is 34.8 Å². The van der Waals surface area contributed by atoms with Crippen LogP contribution in [0.4, 0.5) is 0 Å². The summed E-state index contributed by atoms with van der Waals surface area (Å²) in [6.45, 7) is 4.73. The van der Waals surface area contributed by atoms with Gasteiger partial charge >= 0.3 is 0 Å². The van der Waals surface area contributed by atoms with Crippen molar-refractivity contribution in [2.24, 2.45) is 5.73 Å². The highest BCUT2D eigenvalue weighted by Gasteiger charge is 2.17. The molecule has 4 heteroatoms. The summed E-state index contributed by atoms with van der Waals surface area (Å²) in [7, 11) is 2.14. The van der Waals surface area contributed by atoms with Crippen molar-refractivity contribution < 1.29 is 0 Å². The number of aromatic nitrogens is 2.